The van der Waals surface area contributed by atoms with Gasteiger partial charge in [-0.1, -0.05) is 6.92 Å². The molecule has 1 aliphatic heterocycles. The zero-order chi connectivity index (χ0) is 14.5. The first kappa shape index (κ1) is 15.1. The Hall–Kier alpha value is -1.26. The van der Waals surface area contributed by atoms with E-state index in [-0.39, 0.29) is 0 Å². The van der Waals surface area contributed by atoms with Gasteiger partial charge < -0.3 is 15.2 Å². The van der Waals surface area contributed by atoms with Gasteiger partial charge in [0.25, 0.3) is 0 Å². The maximum absolute atomic E-state index is 5.94. The van der Waals surface area contributed by atoms with Crippen molar-refractivity contribution < 1.29 is 9.47 Å². The highest BCUT2D eigenvalue weighted by molar-refractivity contribution is 5.40. The number of likely N-dealkylation sites (tertiary alicyclic amines) is 1. The van der Waals surface area contributed by atoms with Crippen LogP contribution in [-0.2, 0) is 6.54 Å². The van der Waals surface area contributed by atoms with Crippen molar-refractivity contribution in [3.05, 3.63) is 23.8 Å². The summed E-state index contributed by atoms with van der Waals surface area (Å²) in [5.41, 5.74) is 7.11. The molecule has 0 spiro atoms. The van der Waals surface area contributed by atoms with Gasteiger partial charge in [-0.05, 0) is 43.5 Å². The highest BCUT2D eigenvalue weighted by Gasteiger charge is 2.26. The summed E-state index contributed by atoms with van der Waals surface area (Å²) >= 11 is 0. The van der Waals surface area contributed by atoms with Crippen LogP contribution in [0.3, 0.4) is 0 Å². The number of hydrogen-bond acceptors (Lipinski definition) is 4. The maximum Gasteiger partial charge on any atom is 0.123 e. The Morgan fingerprint density at radius 1 is 1.30 bits per heavy atom. The number of rotatable bonds is 5. The normalized spacial score (nSPS) is 23.6. The lowest BCUT2D eigenvalue weighted by atomic mass is 9.92. The van der Waals surface area contributed by atoms with Crippen LogP contribution < -0.4 is 15.2 Å². The van der Waals surface area contributed by atoms with E-state index in [1.165, 1.54) is 18.4 Å². The number of nitrogens with two attached hydrogens (primary N) is 1. The SMILES string of the molecule is COc1ccc(OC)c(CN2CCC(C)CC2CN)c1. The largest absolute Gasteiger partial charge is 0.497 e. The number of methoxy groups -OCH3 is 2. The van der Waals surface area contributed by atoms with Gasteiger partial charge in [0.15, 0.2) is 0 Å². The minimum atomic E-state index is 0.467. The highest BCUT2D eigenvalue weighted by Crippen LogP contribution is 2.29. The number of nitrogens with zero attached hydrogens (tertiary/aromatic N) is 1. The van der Waals surface area contributed by atoms with E-state index in [0.29, 0.717) is 6.04 Å². The maximum atomic E-state index is 5.94. The zero-order valence-electron chi connectivity index (χ0n) is 12.8. The molecule has 4 heteroatoms. The molecular weight excluding hydrogens is 252 g/mol. The highest BCUT2D eigenvalue weighted by atomic mass is 16.5. The lowest BCUT2D eigenvalue weighted by molar-refractivity contribution is 0.114. The van der Waals surface area contributed by atoms with E-state index in [1.807, 2.05) is 12.1 Å². The van der Waals surface area contributed by atoms with Gasteiger partial charge in [-0.15, -0.1) is 0 Å². The first-order chi connectivity index (χ1) is 9.67. The molecule has 0 radical (unpaired) electrons. The quantitative estimate of drug-likeness (QED) is 0.897. The van der Waals surface area contributed by atoms with Crippen molar-refractivity contribution in [2.75, 3.05) is 27.3 Å². The molecule has 2 rings (SSSR count). The van der Waals surface area contributed by atoms with Crippen LogP contribution in [0.1, 0.15) is 25.3 Å². The van der Waals surface area contributed by atoms with Crippen LogP contribution in [-0.4, -0.2) is 38.3 Å². The molecule has 0 amide bonds. The molecule has 0 saturated carbocycles. The van der Waals surface area contributed by atoms with Crippen molar-refractivity contribution in [2.45, 2.75) is 32.4 Å². The summed E-state index contributed by atoms with van der Waals surface area (Å²) in [5, 5.41) is 0. The molecule has 20 heavy (non-hydrogen) atoms. The topological polar surface area (TPSA) is 47.7 Å². The van der Waals surface area contributed by atoms with Gasteiger partial charge in [-0.25, -0.2) is 0 Å². The molecule has 0 aliphatic carbocycles. The first-order valence-corrected chi connectivity index (χ1v) is 7.33. The molecular formula is C16H26N2O2. The number of ether oxygens (including phenoxy) is 2. The fourth-order valence-electron chi connectivity index (χ4n) is 2.98. The molecule has 1 aromatic rings. The zero-order valence-corrected chi connectivity index (χ0v) is 12.8. The molecule has 1 heterocycles. The van der Waals surface area contributed by atoms with E-state index in [9.17, 15) is 0 Å². The lowest BCUT2D eigenvalue weighted by Crippen LogP contribution is -2.45. The molecule has 2 unspecified atom stereocenters. The molecule has 2 N–H and O–H groups in total. The first-order valence-electron chi connectivity index (χ1n) is 7.33. The molecule has 1 aromatic carbocycles. The molecule has 112 valence electrons. The molecule has 4 nitrogen and oxygen atoms in total. The fourth-order valence-corrected chi connectivity index (χ4v) is 2.98. The Kier molecular flexibility index (Phi) is 5.26. The Balaban J connectivity index is 2.15. The van der Waals surface area contributed by atoms with Crippen molar-refractivity contribution in [1.29, 1.82) is 0 Å². The summed E-state index contributed by atoms with van der Waals surface area (Å²) in [4.78, 5) is 2.47. The fraction of sp³-hybridized carbons (Fsp3) is 0.625. The second kappa shape index (κ2) is 6.95. The van der Waals surface area contributed by atoms with Gasteiger partial charge in [0.05, 0.1) is 14.2 Å². The molecule has 2 atom stereocenters. The Morgan fingerprint density at radius 2 is 2.10 bits per heavy atom. The molecule has 1 saturated heterocycles. The van der Waals surface area contributed by atoms with E-state index >= 15 is 0 Å². The third-order valence-electron chi connectivity index (χ3n) is 4.23. The van der Waals surface area contributed by atoms with Gasteiger partial charge in [0, 0.05) is 24.7 Å². The van der Waals surface area contributed by atoms with Gasteiger partial charge >= 0.3 is 0 Å². The molecule has 0 aromatic heterocycles. The summed E-state index contributed by atoms with van der Waals surface area (Å²) in [6.45, 7) is 5.00. The van der Waals surface area contributed by atoms with Crippen LogP contribution in [0.2, 0.25) is 0 Å². The van der Waals surface area contributed by atoms with Gasteiger partial charge in [0.2, 0.25) is 0 Å². The van der Waals surface area contributed by atoms with Crippen LogP contribution in [0.4, 0.5) is 0 Å². The summed E-state index contributed by atoms with van der Waals surface area (Å²) < 4.78 is 10.8. The van der Waals surface area contributed by atoms with Crippen molar-refractivity contribution in [1.82, 2.24) is 4.90 Å². The summed E-state index contributed by atoms with van der Waals surface area (Å²) in [6, 6.07) is 6.43. The van der Waals surface area contributed by atoms with E-state index in [4.69, 9.17) is 15.2 Å². The average molecular weight is 278 g/mol. The van der Waals surface area contributed by atoms with Crippen molar-refractivity contribution in [3.63, 3.8) is 0 Å². The minimum Gasteiger partial charge on any atom is -0.497 e. The summed E-state index contributed by atoms with van der Waals surface area (Å²) in [5.74, 6) is 2.56. The van der Waals surface area contributed by atoms with Crippen molar-refractivity contribution >= 4 is 0 Å². The van der Waals surface area contributed by atoms with Crippen LogP contribution >= 0.6 is 0 Å². The Labute approximate surface area is 121 Å². The number of hydrogen-bond donors (Lipinski definition) is 1. The third-order valence-corrected chi connectivity index (χ3v) is 4.23. The lowest BCUT2D eigenvalue weighted by Gasteiger charge is -2.38. The number of benzene rings is 1. The van der Waals surface area contributed by atoms with Gasteiger partial charge in [-0.2, -0.15) is 0 Å². The third kappa shape index (κ3) is 3.44. The van der Waals surface area contributed by atoms with Gasteiger partial charge in [0.1, 0.15) is 11.5 Å². The summed E-state index contributed by atoms with van der Waals surface area (Å²) in [6.07, 6.45) is 2.42. The Morgan fingerprint density at radius 3 is 2.75 bits per heavy atom. The van der Waals surface area contributed by atoms with Crippen molar-refractivity contribution in [2.24, 2.45) is 11.7 Å². The standard InChI is InChI=1S/C16H26N2O2/c1-12-6-7-18(14(8-12)10-17)11-13-9-15(19-2)4-5-16(13)20-3/h4-5,9,12,14H,6-8,10-11,17H2,1-3H3. The minimum absolute atomic E-state index is 0.467. The Bertz CT molecular complexity index is 436. The monoisotopic (exact) mass is 278 g/mol. The second-order valence-electron chi connectivity index (χ2n) is 5.67. The van der Waals surface area contributed by atoms with Crippen LogP contribution in [0, 0.1) is 5.92 Å². The molecule has 0 bridgehead atoms. The van der Waals surface area contributed by atoms with Gasteiger partial charge in [-0.3, -0.25) is 4.90 Å². The molecule has 1 fully saturated rings. The van der Waals surface area contributed by atoms with E-state index < -0.39 is 0 Å². The predicted octanol–water partition coefficient (Wildman–Crippen LogP) is 2.26. The van der Waals surface area contributed by atoms with Crippen LogP contribution in [0.5, 0.6) is 11.5 Å². The van der Waals surface area contributed by atoms with Crippen LogP contribution in [0.15, 0.2) is 18.2 Å². The van der Waals surface area contributed by atoms with E-state index in [0.717, 1.165) is 37.1 Å². The van der Waals surface area contributed by atoms with E-state index in [1.54, 1.807) is 14.2 Å². The van der Waals surface area contributed by atoms with Crippen molar-refractivity contribution in [3.8, 4) is 11.5 Å². The second-order valence-corrected chi connectivity index (χ2v) is 5.67. The average Bonchev–Trinajstić information content (AvgIpc) is 2.48. The van der Waals surface area contributed by atoms with Crippen LogP contribution in [0.25, 0.3) is 0 Å². The predicted molar refractivity (Wildman–Crippen MR) is 81.2 cm³/mol. The molecule has 1 aliphatic rings. The number of piperidine rings is 1. The van der Waals surface area contributed by atoms with E-state index in [2.05, 4.69) is 17.9 Å². The smallest absolute Gasteiger partial charge is 0.123 e. The summed E-state index contributed by atoms with van der Waals surface area (Å²) in [7, 11) is 3.40.